The van der Waals surface area contributed by atoms with E-state index in [1.807, 2.05) is 36.4 Å². The third-order valence-corrected chi connectivity index (χ3v) is 8.59. The first-order chi connectivity index (χ1) is 17.5. The Balaban J connectivity index is 1.00. The van der Waals surface area contributed by atoms with Crippen LogP contribution in [0.4, 0.5) is 10.8 Å². The highest BCUT2D eigenvalue weighted by Gasteiger charge is 2.44. The molecule has 3 aromatic rings. The number of nitrogens with zero attached hydrogens (tertiary/aromatic N) is 4. The Labute approximate surface area is 219 Å². The van der Waals surface area contributed by atoms with Crippen LogP contribution < -0.4 is 10.2 Å². The number of hydrogen-bond donors (Lipinski definition) is 1. The first-order valence-electron chi connectivity index (χ1n) is 12.5. The van der Waals surface area contributed by atoms with E-state index in [2.05, 4.69) is 32.5 Å². The zero-order valence-corrected chi connectivity index (χ0v) is 21.5. The van der Waals surface area contributed by atoms with Crippen molar-refractivity contribution in [1.82, 2.24) is 15.1 Å². The summed E-state index contributed by atoms with van der Waals surface area (Å²) in [7, 11) is 0. The molecule has 3 atom stereocenters. The lowest BCUT2D eigenvalue weighted by atomic mass is 10.1. The van der Waals surface area contributed by atoms with E-state index in [0.29, 0.717) is 16.7 Å². The molecule has 3 aliphatic rings. The maximum absolute atomic E-state index is 12.9. The van der Waals surface area contributed by atoms with E-state index >= 15 is 0 Å². The van der Waals surface area contributed by atoms with Crippen LogP contribution in [0.15, 0.2) is 48.5 Å². The third kappa shape index (κ3) is 5.31. The van der Waals surface area contributed by atoms with Gasteiger partial charge in [-0.3, -0.25) is 14.5 Å². The van der Waals surface area contributed by atoms with Gasteiger partial charge in [0.15, 0.2) is 0 Å². The highest BCUT2D eigenvalue weighted by molar-refractivity contribution is 7.15. The van der Waals surface area contributed by atoms with E-state index in [1.165, 1.54) is 42.0 Å². The van der Waals surface area contributed by atoms with E-state index in [1.54, 1.807) is 4.90 Å². The molecule has 186 valence electrons. The number of halogens is 1. The van der Waals surface area contributed by atoms with Crippen molar-refractivity contribution in [1.29, 1.82) is 0 Å². The van der Waals surface area contributed by atoms with Gasteiger partial charge in [0.1, 0.15) is 5.01 Å². The minimum atomic E-state index is -0.407. The topological polar surface area (TPSA) is 78.4 Å². The van der Waals surface area contributed by atoms with E-state index in [-0.39, 0.29) is 18.2 Å². The second-order valence-corrected chi connectivity index (χ2v) is 11.6. The molecule has 2 aromatic carbocycles. The highest BCUT2D eigenvalue weighted by Crippen LogP contribution is 2.45. The molecule has 2 aliphatic heterocycles. The van der Waals surface area contributed by atoms with Gasteiger partial charge in [-0.15, -0.1) is 10.2 Å². The van der Waals surface area contributed by atoms with Gasteiger partial charge in [0.25, 0.3) is 0 Å². The SMILES string of the molecule is O=C(Nc1nnc(CCc2ccc(Cl)cc2)s1)[C@H]1CC(=O)N(c2ccc(CN3CC4CC4C3)cc2)C1. The molecule has 1 saturated carbocycles. The smallest absolute Gasteiger partial charge is 0.231 e. The van der Waals surface area contributed by atoms with Crippen LogP contribution in [0.5, 0.6) is 0 Å². The number of piperidine rings is 1. The molecule has 36 heavy (non-hydrogen) atoms. The molecule has 0 spiro atoms. The van der Waals surface area contributed by atoms with Crippen molar-refractivity contribution in [3.05, 3.63) is 69.7 Å². The van der Waals surface area contributed by atoms with Crippen LogP contribution in [-0.2, 0) is 29.0 Å². The molecule has 0 radical (unpaired) electrons. The number of nitrogens with one attached hydrogen (secondary N) is 1. The number of hydrogen-bond acceptors (Lipinski definition) is 6. The molecule has 0 bridgehead atoms. The summed E-state index contributed by atoms with van der Waals surface area (Å²) in [6.07, 6.45) is 3.17. The molecule has 3 fully saturated rings. The molecule has 2 unspecified atom stereocenters. The molecule has 7 nitrogen and oxygen atoms in total. The lowest BCUT2D eigenvalue weighted by Crippen LogP contribution is -2.28. The summed E-state index contributed by atoms with van der Waals surface area (Å²) in [5.74, 6) is 1.24. The van der Waals surface area contributed by atoms with E-state index in [4.69, 9.17) is 11.6 Å². The number of carbonyl (C=O) groups excluding carboxylic acids is 2. The molecular formula is C27H28ClN5O2S. The Morgan fingerprint density at radius 3 is 2.44 bits per heavy atom. The summed E-state index contributed by atoms with van der Waals surface area (Å²) in [6, 6.07) is 16.0. The fourth-order valence-electron chi connectivity index (χ4n) is 5.31. The number of amides is 2. The fourth-order valence-corrected chi connectivity index (χ4v) is 6.18. The van der Waals surface area contributed by atoms with Gasteiger partial charge in [-0.2, -0.15) is 0 Å². The van der Waals surface area contributed by atoms with Gasteiger partial charge in [-0.05, 0) is 60.1 Å². The van der Waals surface area contributed by atoms with Gasteiger partial charge in [0, 0.05) is 49.7 Å². The number of aromatic nitrogens is 2. The fraction of sp³-hybridized carbons (Fsp3) is 0.407. The Bertz CT molecular complexity index is 1250. The Morgan fingerprint density at radius 1 is 0.972 bits per heavy atom. The summed E-state index contributed by atoms with van der Waals surface area (Å²) in [6.45, 7) is 3.77. The van der Waals surface area contributed by atoms with E-state index < -0.39 is 5.92 Å². The number of anilines is 2. The minimum Gasteiger partial charge on any atom is -0.312 e. The van der Waals surface area contributed by atoms with Crippen molar-refractivity contribution in [2.75, 3.05) is 29.9 Å². The third-order valence-electron chi connectivity index (χ3n) is 7.44. The average molecular weight is 522 g/mol. The second-order valence-electron chi connectivity index (χ2n) is 10.1. The van der Waals surface area contributed by atoms with Gasteiger partial charge in [-0.1, -0.05) is 47.2 Å². The van der Waals surface area contributed by atoms with Crippen molar-refractivity contribution in [2.45, 2.75) is 32.2 Å². The zero-order chi connectivity index (χ0) is 24.6. The summed E-state index contributed by atoms with van der Waals surface area (Å²) in [5.41, 5.74) is 3.29. The van der Waals surface area contributed by atoms with Crippen molar-refractivity contribution in [2.24, 2.45) is 17.8 Å². The van der Waals surface area contributed by atoms with Gasteiger partial charge in [-0.25, -0.2) is 0 Å². The average Bonchev–Trinajstić information content (AvgIpc) is 3.20. The first-order valence-corrected chi connectivity index (χ1v) is 13.7. The van der Waals surface area contributed by atoms with Gasteiger partial charge >= 0.3 is 0 Å². The standard InChI is InChI=1S/C27H28ClN5O2S/c28-22-6-1-17(2-7-22)5-10-24-30-31-27(36-24)29-26(35)21-12-25(34)33(16-21)23-8-3-18(4-9-23)13-32-14-19-11-20(19)15-32/h1-4,6-9,19-21H,5,10-16H2,(H,29,31,35)/t19?,20?,21-/m0/s1. The van der Waals surface area contributed by atoms with Gasteiger partial charge in [0.2, 0.25) is 16.9 Å². The predicted octanol–water partition coefficient (Wildman–Crippen LogP) is 4.42. The monoisotopic (exact) mass is 521 g/mol. The zero-order valence-electron chi connectivity index (χ0n) is 19.9. The summed E-state index contributed by atoms with van der Waals surface area (Å²) >= 11 is 7.32. The lowest BCUT2D eigenvalue weighted by molar-refractivity contribution is -0.122. The molecule has 3 heterocycles. The summed E-state index contributed by atoms with van der Waals surface area (Å²) in [5, 5.41) is 13.2. The molecule has 1 aliphatic carbocycles. The number of likely N-dealkylation sites (tertiary alicyclic amines) is 1. The number of carbonyl (C=O) groups is 2. The number of benzene rings is 2. The quantitative estimate of drug-likeness (QED) is 0.475. The number of rotatable bonds is 8. The predicted molar refractivity (Wildman–Crippen MR) is 141 cm³/mol. The van der Waals surface area contributed by atoms with Crippen LogP contribution in [0, 0.1) is 17.8 Å². The number of aryl methyl sites for hydroxylation is 2. The summed E-state index contributed by atoms with van der Waals surface area (Å²) in [4.78, 5) is 29.8. The molecular weight excluding hydrogens is 494 g/mol. The van der Waals surface area contributed by atoms with E-state index in [9.17, 15) is 9.59 Å². The minimum absolute atomic E-state index is 0.0246. The molecule has 2 saturated heterocycles. The maximum Gasteiger partial charge on any atom is 0.231 e. The van der Waals surface area contributed by atoms with E-state index in [0.717, 1.165) is 41.9 Å². The molecule has 1 aromatic heterocycles. The van der Waals surface area contributed by atoms with Crippen LogP contribution in [0.2, 0.25) is 5.02 Å². The molecule has 6 rings (SSSR count). The first kappa shape index (κ1) is 23.6. The van der Waals surface area contributed by atoms with Crippen molar-refractivity contribution in [3.63, 3.8) is 0 Å². The van der Waals surface area contributed by atoms with Crippen molar-refractivity contribution in [3.8, 4) is 0 Å². The van der Waals surface area contributed by atoms with Gasteiger partial charge in [0.05, 0.1) is 5.92 Å². The van der Waals surface area contributed by atoms with Crippen molar-refractivity contribution < 1.29 is 9.59 Å². The Hall–Kier alpha value is -2.81. The molecule has 9 heteroatoms. The van der Waals surface area contributed by atoms with Crippen LogP contribution in [0.1, 0.15) is 29.0 Å². The molecule has 2 amide bonds. The van der Waals surface area contributed by atoms with Crippen LogP contribution in [0.25, 0.3) is 0 Å². The van der Waals surface area contributed by atoms with Crippen LogP contribution in [-0.4, -0.2) is 46.5 Å². The number of fused-ring (bicyclic) bond motifs is 1. The Morgan fingerprint density at radius 2 is 1.69 bits per heavy atom. The largest absolute Gasteiger partial charge is 0.312 e. The second kappa shape index (κ2) is 9.92. The lowest BCUT2D eigenvalue weighted by Gasteiger charge is -2.19. The normalized spacial score (nSPS) is 23.2. The Kier molecular flexibility index (Phi) is 6.50. The van der Waals surface area contributed by atoms with Gasteiger partial charge < -0.3 is 10.2 Å². The van der Waals surface area contributed by atoms with Crippen molar-refractivity contribution >= 4 is 45.6 Å². The molecule has 1 N–H and O–H groups in total. The van der Waals surface area contributed by atoms with Crippen LogP contribution in [0.3, 0.4) is 0 Å². The summed E-state index contributed by atoms with van der Waals surface area (Å²) < 4.78 is 0. The highest BCUT2D eigenvalue weighted by atomic mass is 35.5. The maximum atomic E-state index is 12.9. The van der Waals surface area contributed by atoms with Crippen LogP contribution >= 0.6 is 22.9 Å².